The van der Waals surface area contributed by atoms with Crippen LogP contribution in [0.4, 0.5) is 0 Å². The second-order valence-corrected chi connectivity index (χ2v) is 16.3. The fourth-order valence-corrected chi connectivity index (χ4v) is 8.71. The number of rotatable bonds is 13. The number of hydrogen-bond acceptors (Lipinski definition) is 18. The van der Waals surface area contributed by atoms with Crippen molar-refractivity contribution in [2.24, 2.45) is 16.8 Å². The number of aryl methyl sites for hydroxylation is 2. The molecule has 0 aliphatic carbocycles. The molecular formula is C45H47N3O16. The zero-order valence-corrected chi connectivity index (χ0v) is 34.5. The summed E-state index contributed by atoms with van der Waals surface area (Å²) < 4.78 is 23.4. The minimum Gasteiger partial charge on any atom is -0.508 e. The van der Waals surface area contributed by atoms with Crippen LogP contribution in [0.2, 0.25) is 0 Å². The number of carboxylic acid groups (broad SMARTS) is 1. The Labute approximate surface area is 364 Å². The molecule has 19 heteroatoms. The number of nitrogens with one attached hydrogen (secondary N) is 1. The average Bonchev–Trinajstić information content (AvgIpc) is 3.85. The van der Waals surface area contributed by atoms with Gasteiger partial charge in [0.15, 0.2) is 23.6 Å². The first-order valence-electron chi connectivity index (χ1n) is 20.5. The van der Waals surface area contributed by atoms with Gasteiger partial charge in [0.05, 0.1) is 35.5 Å². The molecule has 4 aromatic rings. The highest BCUT2D eigenvalue weighted by Crippen LogP contribution is 2.42. The first-order chi connectivity index (χ1) is 30.5. The van der Waals surface area contributed by atoms with E-state index in [4.69, 9.17) is 23.5 Å². The fraction of sp³-hybridized carbons (Fsp3) is 0.378. The number of aliphatic hydroxyl groups is 6. The smallest absolute Gasteiger partial charge is 0.327 e. The maximum absolute atomic E-state index is 13.7. The van der Waals surface area contributed by atoms with Crippen molar-refractivity contribution in [3.8, 4) is 22.6 Å². The Morgan fingerprint density at radius 2 is 1.77 bits per heavy atom. The zero-order valence-electron chi connectivity index (χ0n) is 34.5. The number of fused-ring (bicyclic) bond motifs is 2. The average molecular weight is 886 g/mol. The molecule has 2 saturated heterocycles. The minimum atomic E-state index is -3.31. The van der Waals surface area contributed by atoms with Crippen molar-refractivity contribution in [3.63, 3.8) is 0 Å². The lowest BCUT2D eigenvalue weighted by Gasteiger charge is -2.47. The molecule has 0 amide bonds. The van der Waals surface area contributed by atoms with Crippen LogP contribution in [0.1, 0.15) is 29.5 Å². The van der Waals surface area contributed by atoms with Crippen LogP contribution in [0.5, 0.6) is 11.5 Å². The van der Waals surface area contributed by atoms with Crippen molar-refractivity contribution < 1.29 is 73.9 Å². The summed E-state index contributed by atoms with van der Waals surface area (Å²) in [5.74, 6) is -10.7. The number of hydroxylamine groups is 2. The van der Waals surface area contributed by atoms with Gasteiger partial charge in [0.25, 0.3) is 5.79 Å². The molecule has 3 aromatic carbocycles. The van der Waals surface area contributed by atoms with Gasteiger partial charge in [-0.3, -0.25) is 29.5 Å². The summed E-state index contributed by atoms with van der Waals surface area (Å²) in [6.45, 7) is 1.76. The van der Waals surface area contributed by atoms with Gasteiger partial charge >= 0.3 is 11.9 Å². The number of carboxylic acids is 1. The molecular weight excluding hydrogens is 839 g/mol. The van der Waals surface area contributed by atoms with E-state index >= 15 is 0 Å². The summed E-state index contributed by atoms with van der Waals surface area (Å²) in [7, 11) is 0. The van der Waals surface area contributed by atoms with Crippen LogP contribution in [0.15, 0.2) is 98.5 Å². The van der Waals surface area contributed by atoms with E-state index < -0.39 is 84.6 Å². The van der Waals surface area contributed by atoms with E-state index in [2.05, 4.69) is 10.3 Å². The van der Waals surface area contributed by atoms with E-state index in [1.165, 1.54) is 41.7 Å². The maximum atomic E-state index is 13.7. The molecule has 64 heavy (non-hydrogen) atoms. The first-order valence-corrected chi connectivity index (χ1v) is 20.5. The number of nitrogens with zero attached hydrogens (tertiary/aromatic N) is 2. The summed E-state index contributed by atoms with van der Waals surface area (Å²) in [5, 5.41) is 91.4. The van der Waals surface area contributed by atoms with Crippen molar-refractivity contribution in [2.75, 3.05) is 26.3 Å². The van der Waals surface area contributed by atoms with Gasteiger partial charge in [-0.05, 0) is 81.3 Å². The number of carbonyl (C=O) groups is 2. The van der Waals surface area contributed by atoms with Gasteiger partial charge in [-0.15, -0.1) is 0 Å². The van der Waals surface area contributed by atoms with Crippen LogP contribution >= 0.6 is 0 Å². The Balaban J connectivity index is 1.15. The normalized spacial score (nSPS) is 26.9. The standard InChI is InChI=1S/C45H47N3O16/c1-22-14-23(2)16-26(15-22)35-34-25(11-13-46-34)18-48(35)64-39-37(53)38(54)40(44(58,21-50)63-42(57)33(41(55)56)45(59)27(19-49)4-3-12-47-45)62-43(39)61-29-9-10-30-32(17-29)60-20-31(36(30)52)24-5-7-28(51)8-6-24/h5-11,13-17,20,27,33,37-40,43,47,49-51,53-54,58-59H,3-4,12,18-19,21H2,1-2H3,(H,55,56)/t27-,33-,37+,38+,39-,40+,43-,44+,45+/m0/s1. The van der Waals surface area contributed by atoms with Crippen LogP contribution in [-0.2, 0) is 23.9 Å². The van der Waals surface area contributed by atoms with E-state index in [9.17, 15) is 55.2 Å². The van der Waals surface area contributed by atoms with E-state index in [0.717, 1.165) is 16.7 Å². The van der Waals surface area contributed by atoms with Crippen molar-refractivity contribution in [1.29, 1.82) is 0 Å². The molecule has 8 rings (SSSR count). The minimum absolute atomic E-state index is 0.00523. The highest BCUT2D eigenvalue weighted by atomic mass is 16.8. The summed E-state index contributed by atoms with van der Waals surface area (Å²) >= 11 is 0. The van der Waals surface area contributed by atoms with Crippen LogP contribution in [0, 0.1) is 25.7 Å². The SMILES string of the molecule is Cc1cc(C)cc(C2=C3N=CC=C3CN2O[C@@H]2[C@@H](Oc3ccc4c(=O)c(-c5ccc(O)cc5)coc4c3)O[C@@H]([C@@](O)(CO)OC(=O)[C@H](C(=O)O)[C@@]3(O)NCCC[C@H]3CO)[C@H](O)[C@H]2O)c1. The van der Waals surface area contributed by atoms with Gasteiger partial charge in [-0.25, -0.2) is 5.06 Å². The number of ether oxygens (including phenoxy) is 3. The molecule has 5 heterocycles. The van der Waals surface area contributed by atoms with Crippen LogP contribution in [-0.4, -0.2) is 133 Å². The molecule has 0 bridgehead atoms. The summed E-state index contributed by atoms with van der Waals surface area (Å²) in [6.07, 6.45) is -4.95. The molecule has 9 atom stereocenters. The molecule has 338 valence electrons. The van der Waals surface area contributed by atoms with Crippen molar-refractivity contribution in [3.05, 3.63) is 111 Å². The lowest BCUT2D eigenvalue weighted by Crippen LogP contribution is -2.69. The van der Waals surface area contributed by atoms with Gasteiger partial charge < -0.3 is 59.5 Å². The maximum Gasteiger partial charge on any atom is 0.327 e. The molecule has 4 aliphatic heterocycles. The highest BCUT2D eigenvalue weighted by molar-refractivity contribution is 5.95. The monoisotopic (exact) mass is 885 g/mol. The number of carbonyl (C=O) groups excluding carboxylic acids is 1. The van der Waals surface area contributed by atoms with Crippen LogP contribution < -0.4 is 15.5 Å². The first kappa shape index (κ1) is 44.6. The second kappa shape index (κ2) is 17.5. The Bertz CT molecular complexity index is 2590. The van der Waals surface area contributed by atoms with Crippen molar-refractivity contribution in [2.45, 2.75) is 68.9 Å². The number of phenolic OH excluding ortho intramolecular Hbond substituents is 1. The van der Waals surface area contributed by atoms with Crippen molar-refractivity contribution >= 4 is 34.8 Å². The molecule has 2 fully saturated rings. The highest BCUT2D eigenvalue weighted by Gasteiger charge is 2.60. The van der Waals surface area contributed by atoms with Gasteiger partial charge in [0, 0.05) is 29.3 Å². The number of benzene rings is 3. The van der Waals surface area contributed by atoms with Gasteiger partial charge in [-0.1, -0.05) is 29.3 Å². The Hall–Kier alpha value is -6.00. The fourth-order valence-electron chi connectivity index (χ4n) is 8.71. The molecule has 4 aliphatic rings. The lowest BCUT2D eigenvalue weighted by atomic mass is 9.79. The number of esters is 1. The Kier molecular flexibility index (Phi) is 12.2. The topological polar surface area (TPSA) is 291 Å². The largest absolute Gasteiger partial charge is 0.508 e. The predicted molar refractivity (Wildman–Crippen MR) is 224 cm³/mol. The number of aliphatic imine (C=N–C) groups is 1. The van der Waals surface area contributed by atoms with Gasteiger partial charge in [-0.2, -0.15) is 0 Å². The molecule has 0 spiro atoms. The summed E-state index contributed by atoms with van der Waals surface area (Å²) in [6, 6.07) is 15.8. The van der Waals surface area contributed by atoms with Crippen LogP contribution in [0.3, 0.4) is 0 Å². The Morgan fingerprint density at radius 1 is 1.03 bits per heavy atom. The predicted octanol–water partition coefficient (Wildman–Crippen LogP) is 1.21. The lowest BCUT2D eigenvalue weighted by molar-refractivity contribution is -0.372. The summed E-state index contributed by atoms with van der Waals surface area (Å²) in [5.41, 5.74) is 2.18. The van der Waals surface area contributed by atoms with E-state index in [-0.39, 0.29) is 47.5 Å². The summed E-state index contributed by atoms with van der Waals surface area (Å²) in [4.78, 5) is 50.9. The van der Waals surface area contributed by atoms with Crippen molar-refractivity contribution in [1.82, 2.24) is 10.4 Å². The third kappa shape index (κ3) is 8.17. The number of piperidine rings is 1. The van der Waals surface area contributed by atoms with E-state index in [0.29, 0.717) is 28.9 Å². The molecule has 1 aromatic heterocycles. The van der Waals surface area contributed by atoms with Crippen LogP contribution in [0.25, 0.3) is 27.8 Å². The van der Waals surface area contributed by atoms with E-state index in [1.54, 1.807) is 24.4 Å². The molecule has 9 N–H and O–H groups in total. The molecule has 0 radical (unpaired) electrons. The number of allylic oxidation sites excluding steroid dienone is 1. The zero-order chi connectivity index (χ0) is 45.7. The third-order valence-corrected chi connectivity index (χ3v) is 11.9. The van der Waals surface area contributed by atoms with E-state index in [1.807, 2.05) is 32.0 Å². The number of phenols is 1. The molecule has 0 saturated carbocycles. The quantitative estimate of drug-likeness (QED) is 0.0518. The number of aliphatic carboxylic acids is 1. The van der Waals surface area contributed by atoms with Gasteiger partial charge in [0.1, 0.15) is 47.9 Å². The Morgan fingerprint density at radius 3 is 2.45 bits per heavy atom. The number of hydrogen-bond donors (Lipinski definition) is 9. The second-order valence-electron chi connectivity index (χ2n) is 16.3. The number of aromatic hydroxyl groups is 1. The van der Waals surface area contributed by atoms with Gasteiger partial charge in [0.2, 0.25) is 6.29 Å². The third-order valence-electron chi connectivity index (χ3n) is 11.9. The molecule has 19 nitrogen and oxygen atoms in total. The molecule has 0 unspecified atom stereocenters. The number of aliphatic hydroxyl groups excluding tert-OH is 4.